The molecule has 7 nitrogen and oxygen atoms in total. The number of anilines is 1. The third kappa shape index (κ3) is 8.81. The number of benzene rings is 3. The molecule has 0 spiro atoms. The van der Waals surface area contributed by atoms with Crippen LogP contribution in [0.4, 0.5) is 5.69 Å². The van der Waals surface area contributed by atoms with E-state index in [1.807, 2.05) is 75.4 Å². The van der Waals surface area contributed by atoms with Crippen molar-refractivity contribution in [3.05, 3.63) is 99.0 Å². The molecule has 3 aromatic rings. The fourth-order valence-corrected chi connectivity index (χ4v) is 5.59. The van der Waals surface area contributed by atoms with Crippen LogP contribution in [-0.2, 0) is 32.6 Å². The Bertz CT molecular complexity index is 1440. The van der Waals surface area contributed by atoms with Crippen molar-refractivity contribution in [2.75, 3.05) is 17.1 Å². The Hall–Kier alpha value is -2.88. The minimum atomic E-state index is -3.88. The van der Waals surface area contributed by atoms with Gasteiger partial charge in [0, 0.05) is 28.0 Å². The first-order chi connectivity index (χ1) is 18.7. The molecule has 214 valence electrons. The van der Waals surface area contributed by atoms with E-state index in [2.05, 4.69) is 21.2 Å². The van der Waals surface area contributed by atoms with Crippen LogP contribution in [0, 0.1) is 6.92 Å². The van der Waals surface area contributed by atoms with Crippen molar-refractivity contribution >= 4 is 55.1 Å². The summed E-state index contributed by atoms with van der Waals surface area (Å²) in [5, 5.41) is 3.40. The second-order valence-corrected chi connectivity index (χ2v) is 14.0. The predicted molar refractivity (Wildman–Crippen MR) is 165 cm³/mol. The molecule has 0 bridgehead atoms. The summed E-state index contributed by atoms with van der Waals surface area (Å²) < 4.78 is 27.8. The fraction of sp³-hybridized carbons (Fsp3) is 0.333. The summed E-state index contributed by atoms with van der Waals surface area (Å²) in [6, 6.07) is 20.9. The quantitative estimate of drug-likeness (QED) is 0.304. The number of hydrogen-bond donors (Lipinski definition) is 1. The molecule has 2 amide bonds. The number of nitrogens with zero attached hydrogens (tertiary/aromatic N) is 2. The molecule has 0 radical (unpaired) electrons. The lowest BCUT2D eigenvalue weighted by atomic mass is 10.0. The van der Waals surface area contributed by atoms with Gasteiger partial charge in [0.2, 0.25) is 21.8 Å². The van der Waals surface area contributed by atoms with E-state index in [-0.39, 0.29) is 18.9 Å². The smallest absolute Gasteiger partial charge is 0.244 e. The van der Waals surface area contributed by atoms with Crippen LogP contribution in [0.25, 0.3) is 0 Å². The van der Waals surface area contributed by atoms with Crippen molar-refractivity contribution in [1.82, 2.24) is 10.2 Å². The third-order valence-corrected chi connectivity index (χ3v) is 8.29. The molecule has 0 aliphatic rings. The lowest BCUT2D eigenvalue weighted by Gasteiger charge is -2.35. The third-order valence-electron chi connectivity index (χ3n) is 6.22. The second kappa shape index (κ2) is 13.2. The molecule has 3 rings (SSSR count). The summed E-state index contributed by atoms with van der Waals surface area (Å²) in [6.07, 6.45) is 1.30. The molecule has 1 N–H and O–H groups in total. The molecule has 0 fully saturated rings. The number of nitrogens with one attached hydrogen (secondary N) is 1. The van der Waals surface area contributed by atoms with Gasteiger partial charge in [0.1, 0.15) is 12.6 Å². The molecule has 0 saturated carbocycles. The first kappa shape index (κ1) is 31.6. The van der Waals surface area contributed by atoms with E-state index in [0.717, 1.165) is 26.2 Å². The average Bonchev–Trinajstić information content (AvgIpc) is 2.86. The van der Waals surface area contributed by atoms with Crippen LogP contribution in [-0.4, -0.2) is 49.5 Å². The maximum Gasteiger partial charge on any atom is 0.244 e. The van der Waals surface area contributed by atoms with Gasteiger partial charge in [-0.3, -0.25) is 13.9 Å². The molecule has 40 heavy (non-hydrogen) atoms. The number of rotatable bonds is 10. The number of sulfonamides is 1. The number of carbonyl (C=O) groups excluding carboxylic acids is 2. The zero-order valence-corrected chi connectivity index (χ0v) is 26.5. The van der Waals surface area contributed by atoms with Gasteiger partial charge in [-0.15, -0.1) is 0 Å². The van der Waals surface area contributed by atoms with Crippen LogP contribution >= 0.6 is 27.5 Å². The molecule has 10 heteroatoms. The van der Waals surface area contributed by atoms with Gasteiger partial charge in [-0.25, -0.2) is 8.42 Å². The zero-order valence-electron chi connectivity index (χ0n) is 23.3. The molecule has 0 aromatic heterocycles. The van der Waals surface area contributed by atoms with Gasteiger partial charge in [-0.1, -0.05) is 76.1 Å². The standard InChI is InChI=1S/C30H35BrClN3O4S/c1-21-25(32)12-9-13-26(21)35(40(5,38)39)20-28(36)34(19-23-14-16-24(31)17-15-23)27(29(37)33-30(2,3)4)18-22-10-7-6-8-11-22/h6-17,27H,18-20H2,1-5H3,(H,33,37)/t27-/m1/s1. The Kier molecular flexibility index (Phi) is 10.4. The minimum absolute atomic E-state index is 0.104. The Labute approximate surface area is 250 Å². The van der Waals surface area contributed by atoms with Crippen molar-refractivity contribution in [2.24, 2.45) is 0 Å². The molecule has 0 saturated heterocycles. The van der Waals surface area contributed by atoms with Crippen LogP contribution in [0.2, 0.25) is 5.02 Å². The molecule has 1 atom stereocenters. The summed E-state index contributed by atoms with van der Waals surface area (Å²) in [5.74, 6) is -0.843. The van der Waals surface area contributed by atoms with E-state index in [0.29, 0.717) is 16.3 Å². The minimum Gasteiger partial charge on any atom is -0.350 e. The van der Waals surface area contributed by atoms with E-state index in [1.165, 1.54) is 4.90 Å². The van der Waals surface area contributed by atoms with Gasteiger partial charge in [0.05, 0.1) is 11.9 Å². The highest BCUT2D eigenvalue weighted by Gasteiger charge is 2.34. The van der Waals surface area contributed by atoms with Crippen LogP contribution in [0.3, 0.4) is 0 Å². The topological polar surface area (TPSA) is 86.8 Å². The summed E-state index contributed by atoms with van der Waals surface area (Å²) in [6.45, 7) is 6.93. The van der Waals surface area contributed by atoms with Gasteiger partial charge in [-0.05, 0) is 68.7 Å². The molecule has 0 unspecified atom stereocenters. The van der Waals surface area contributed by atoms with Crippen molar-refractivity contribution in [3.8, 4) is 0 Å². The Morgan fingerprint density at radius 1 is 0.950 bits per heavy atom. The van der Waals surface area contributed by atoms with E-state index < -0.39 is 34.1 Å². The number of halogens is 2. The molecule has 3 aromatic carbocycles. The molecule has 0 aliphatic heterocycles. The summed E-state index contributed by atoms with van der Waals surface area (Å²) in [4.78, 5) is 29.4. The SMILES string of the molecule is Cc1c(Cl)cccc1N(CC(=O)N(Cc1ccc(Br)cc1)[C@H](Cc1ccccc1)C(=O)NC(C)(C)C)S(C)(=O)=O. The maximum absolute atomic E-state index is 14.1. The zero-order chi connectivity index (χ0) is 29.7. The van der Waals surface area contributed by atoms with Crippen LogP contribution in [0.1, 0.15) is 37.5 Å². The molecule has 0 heterocycles. The van der Waals surface area contributed by atoms with Crippen molar-refractivity contribution in [1.29, 1.82) is 0 Å². The second-order valence-electron chi connectivity index (χ2n) is 10.7. The van der Waals surface area contributed by atoms with E-state index in [1.54, 1.807) is 25.1 Å². The maximum atomic E-state index is 14.1. The summed E-state index contributed by atoms with van der Waals surface area (Å²) in [7, 11) is -3.88. The predicted octanol–water partition coefficient (Wildman–Crippen LogP) is 5.73. The lowest BCUT2D eigenvalue weighted by Crippen LogP contribution is -2.56. The van der Waals surface area contributed by atoms with Gasteiger partial charge in [0.25, 0.3) is 0 Å². The van der Waals surface area contributed by atoms with Crippen molar-refractivity contribution in [3.63, 3.8) is 0 Å². The average molecular weight is 649 g/mol. The first-order valence-corrected chi connectivity index (χ1v) is 15.8. The largest absolute Gasteiger partial charge is 0.350 e. The summed E-state index contributed by atoms with van der Waals surface area (Å²) >= 11 is 9.73. The van der Waals surface area contributed by atoms with E-state index in [9.17, 15) is 18.0 Å². The Morgan fingerprint density at radius 2 is 1.57 bits per heavy atom. The molecular formula is C30H35BrClN3O4S. The number of carbonyl (C=O) groups is 2. The monoisotopic (exact) mass is 647 g/mol. The lowest BCUT2D eigenvalue weighted by molar-refractivity contribution is -0.140. The van der Waals surface area contributed by atoms with Gasteiger partial charge < -0.3 is 10.2 Å². The van der Waals surface area contributed by atoms with Gasteiger partial charge in [-0.2, -0.15) is 0 Å². The highest BCUT2D eigenvalue weighted by molar-refractivity contribution is 9.10. The Morgan fingerprint density at radius 3 is 2.15 bits per heavy atom. The summed E-state index contributed by atoms with van der Waals surface area (Å²) in [5.41, 5.74) is 1.97. The van der Waals surface area contributed by atoms with Crippen LogP contribution < -0.4 is 9.62 Å². The number of amides is 2. The van der Waals surface area contributed by atoms with E-state index in [4.69, 9.17) is 11.6 Å². The van der Waals surface area contributed by atoms with Crippen LogP contribution in [0.15, 0.2) is 77.3 Å². The first-order valence-electron chi connectivity index (χ1n) is 12.8. The molecular weight excluding hydrogens is 614 g/mol. The van der Waals surface area contributed by atoms with Crippen molar-refractivity contribution < 1.29 is 18.0 Å². The van der Waals surface area contributed by atoms with Gasteiger partial charge >= 0.3 is 0 Å². The number of hydrogen-bond acceptors (Lipinski definition) is 4. The Balaban J connectivity index is 2.09. The van der Waals surface area contributed by atoms with Crippen molar-refractivity contribution in [2.45, 2.75) is 52.2 Å². The fourth-order valence-electron chi connectivity index (χ4n) is 4.25. The van der Waals surface area contributed by atoms with Gasteiger partial charge in [0.15, 0.2) is 0 Å². The van der Waals surface area contributed by atoms with Crippen LogP contribution in [0.5, 0.6) is 0 Å². The normalized spacial score (nSPS) is 12.5. The molecule has 0 aliphatic carbocycles. The highest BCUT2D eigenvalue weighted by Crippen LogP contribution is 2.29. The highest BCUT2D eigenvalue weighted by atomic mass is 79.9. The van der Waals surface area contributed by atoms with E-state index >= 15 is 0 Å².